The Balaban J connectivity index is 1.15. The first kappa shape index (κ1) is 24.5. The van der Waals surface area contributed by atoms with E-state index in [2.05, 4.69) is 32.1 Å². The monoisotopic (exact) mass is 482 g/mol. The number of anilines is 1. The maximum Gasteiger partial charge on any atom is 0.253 e. The van der Waals surface area contributed by atoms with Crippen molar-refractivity contribution in [3.8, 4) is 0 Å². The van der Waals surface area contributed by atoms with Crippen molar-refractivity contribution in [2.75, 3.05) is 70.5 Å². The first-order valence-corrected chi connectivity index (χ1v) is 13.7. The van der Waals surface area contributed by atoms with Gasteiger partial charge in [0.1, 0.15) is 11.5 Å². The lowest BCUT2D eigenvalue weighted by Gasteiger charge is -2.33. The summed E-state index contributed by atoms with van der Waals surface area (Å²) in [6.07, 6.45) is 10.2. The third-order valence-corrected chi connectivity index (χ3v) is 7.95. The van der Waals surface area contributed by atoms with E-state index in [1.165, 1.54) is 25.7 Å². The van der Waals surface area contributed by atoms with Gasteiger partial charge in [-0.3, -0.25) is 9.69 Å². The Bertz CT molecular complexity index is 967. The van der Waals surface area contributed by atoms with E-state index in [1.807, 2.05) is 17.8 Å². The zero-order valence-corrected chi connectivity index (χ0v) is 21.4. The van der Waals surface area contributed by atoms with E-state index < -0.39 is 0 Å². The lowest BCUT2D eigenvalue weighted by atomic mass is 10.0. The molecule has 5 rings (SSSR count). The number of ether oxygens (including phenoxy) is 1. The van der Waals surface area contributed by atoms with Crippen molar-refractivity contribution in [1.29, 1.82) is 0 Å². The zero-order valence-electron chi connectivity index (χ0n) is 21.4. The molecule has 0 aromatic carbocycles. The van der Waals surface area contributed by atoms with Crippen LogP contribution in [0.4, 0.5) is 5.82 Å². The van der Waals surface area contributed by atoms with Crippen LogP contribution < -0.4 is 10.2 Å². The summed E-state index contributed by atoms with van der Waals surface area (Å²) in [5.41, 5.74) is 1.63. The molecule has 0 saturated carbocycles. The van der Waals surface area contributed by atoms with Crippen molar-refractivity contribution >= 4 is 22.8 Å². The number of rotatable bonds is 6. The second-order valence-corrected chi connectivity index (χ2v) is 10.5. The summed E-state index contributed by atoms with van der Waals surface area (Å²) in [5, 5.41) is 4.26. The maximum absolute atomic E-state index is 13.2. The maximum atomic E-state index is 13.2. The van der Waals surface area contributed by atoms with Crippen LogP contribution in [0.3, 0.4) is 0 Å². The van der Waals surface area contributed by atoms with Crippen LogP contribution in [0.15, 0.2) is 18.3 Å². The quantitative estimate of drug-likeness (QED) is 0.683. The second kappa shape index (κ2) is 11.7. The van der Waals surface area contributed by atoms with Gasteiger partial charge in [-0.1, -0.05) is 12.8 Å². The molecule has 0 bridgehead atoms. The van der Waals surface area contributed by atoms with E-state index in [0.717, 1.165) is 107 Å². The summed E-state index contributed by atoms with van der Waals surface area (Å²) in [6, 6.07) is 4.43. The van der Waals surface area contributed by atoms with Gasteiger partial charge in [0.25, 0.3) is 5.91 Å². The van der Waals surface area contributed by atoms with Crippen molar-refractivity contribution in [3.63, 3.8) is 0 Å². The fourth-order valence-electron chi connectivity index (χ4n) is 5.77. The minimum absolute atomic E-state index is 0.0305. The number of likely N-dealkylation sites (tertiary alicyclic amines) is 1. The van der Waals surface area contributed by atoms with E-state index >= 15 is 0 Å². The summed E-state index contributed by atoms with van der Waals surface area (Å²) in [6.45, 7) is 10.4. The van der Waals surface area contributed by atoms with Crippen LogP contribution in [-0.2, 0) is 11.8 Å². The van der Waals surface area contributed by atoms with E-state index in [-0.39, 0.29) is 11.9 Å². The molecule has 0 aliphatic carbocycles. The van der Waals surface area contributed by atoms with E-state index in [0.29, 0.717) is 0 Å². The van der Waals surface area contributed by atoms with Crippen LogP contribution in [0.2, 0.25) is 0 Å². The van der Waals surface area contributed by atoms with Crippen molar-refractivity contribution in [1.82, 2.24) is 24.7 Å². The summed E-state index contributed by atoms with van der Waals surface area (Å²) in [5.74, 6) is 1.07. The summed E-state index contributed by atoms with van der Waals surface area (Å²) in [4.78, 5) is 25.6. The van der Waals surface area contributed by atoms with Gasteiger partial charge in [0.15, 0.2) is 0 Å². The zero-order chi connectivity index (χ0) is 24.0. The van der Waals surface area contributed by atoms with Crippen LogP contribution in [0, 0.1) is 0 Å². The highest BCUT2D eigenvalue weighted by atomic mass is 16.5. The molecule has 3 fully saturated rings. The Labute approximate surface area is 209 Å². The fraction of sp³-hybridized carbons (Fsp3) is 0.704. The van der Waals surface area contributed by atoms with Gasteiger partial charge >= 0.3 is 0 Å². The van der Waals surface area contributed by atoms with Crippen LogP contribution in [0.5, 0.6) is 0 Å². The molecule has 0 atom stereocenters. The second-order valence-electron chi connectivity index (χ2n) is 10.5. The molecule has 0 radical (unpaired) electrons. The topological polar surface area (TPSA) is 65.9 Å². The number of piperidine rings is 1. The normalized spacial score (nSPS) is 21.7. The largest absolute Gasteiger partial charge is 0.380 e. The lowest BCUT2D eigenvalue weighted by molar-refractivity contribution is 0.0907. The number of nitrogens with one attached hydrogen (secondary N) is 1. The van der Waals surface area contributed by atoms with E-state index in [4.69, 9.17) is 9.72 Å². The number of hydrogen-bond acceptors (Lipinski definition) is 6. The molecular formula is C27H42N6O2. The third-order valence-electron chi connectivity index (χ3n) is 7.95. The van der Waals surface area contributed by atoms with Gasteiger partial charge in [-0.15, -0.1) is 0 Å². The summed E-state index contributed by atoms with van der Waals surface area (Å²) >= 11 is 0. The van der Waals surface area contributed by atoms with Crippen molar-refractivity contribution in [2.45, 2.75) is 51.0 Å². The summed E-state index contributed by atoms with van der Waals surface area (Å²) in [7, 11) is 1.99. The standard InChI is InChI=1S/C27H42N6O2/c1-30-21-24(23-7-8-25(29-26(23)30)33-12-4-2-3-5-13-33)27(34)28-22-9-14-32(15-10-22)17-16-31-11-6-19-35-20-18-31/h7-8,21-22H,2-6,9-20H2,1H3,(H,28,34). The number of carbonyl (C=O) groups is 1. The first-order valence-electron chi connectivity index (χ1n) is 13.7. The first-order chi connectivity index (χ1) is 17.2. The molecule has 0 spiro atoms. The molecule has 8 heteroatoms. The molecule has 3 aliphatic heterocycles. The predicted octanol–water partition coefficient (Wildman–Crippen LogP) is 2.87. The minimum atomic E-state index is 0.0305. The number of carbonyl (C=O) groups excluding carboxylic acids is 1. The number of amides is 1. The highest BCUT2D eigenvalue weighted by Crippen LogP contribution is 2.25. The number of hydrogen-bond donors (Lipinski definition) is 1. The summed E-state index contributed by atoms with van der Waals surface area (Å²) < 4.78 is 7.57. The number of nitrogens with zero attached hydrogens (tertiary/aromatic N) is 5. The molecule has 8 nitrogen and oxygen atoms in total. The van der Waals surface area contributed by atoms with E-state index in [9.17, 15) is 4.79 Å². The van der Waals surface area contributed by atoms with Gasteiger partial charge in [0.05, 0.1) is 12.2 Å². The highest BCUT2D eigenvalue weighted by Gasteiger charge is 2.24. The number of aryl methyl sites for hydroxylation is 1. The van der Waals surface area contributed by atoms with Gasteiger partial charge in [-0.2, -0.15) is 0 Å². The molecule has 3 aliphatic rings. The van der Waals surface area contributed by atoms with Crippen LogP contribution in [0.1, 0.15) is 55.3 Å². The molecule has 2 aromatic heterocycles. The number of fused-ring (bicyclic) bond motifs is 1. The Hall–Kier alpha value is -2.16. The molecule has 1 amide bonds. The molecule has 5 heterocycles. The third kappa shape index (κ3) is 6.16. The predicted molar refractivity (Wildman–Crippen MR) is 140 cm³/mol. The Morgan fingerprint density at radius 2 is 1.69 bits per heavy atom. The Morgan fingerprint density at radius 1 is 0.943 bits per heavy atom. The van der Waals surface area contributed by atoms with Gasteiger partial charge in [0.2, 0.25) is 0 Å². The van der Waals surface area contributed by atoms with Crippen LogP contribution in [0.25, 0.3) is 11.0 Å². The van der Waals surface area contributed by atoms with Gasteiger partial charge < -0.3 is 24.4 Å². The van der Waals surface area contributed by atoms with Gasteiger partial charge in [0, 0.05) is 83.6 Å². The smallest absolute Gasteiger partial charge is 0.253 e. The molecule has 3 saturated heterocycles. The van der Waals surface area contributed by atoms with Gasteiger partial charge in [-0.05, 0) is 44.2 Å². The SMILES string of the molecule is Cn1cc(C(=O)NC2CCN(CCN3CCCOCC3)CC2)c2ccc(N3CCCCCC3)nc21. The van der Waals surface area contributed by atoms with Gasteiger partial charge in [-0.25, -0.2) is 4.98 Å². The molecule has 35 heavy (non-hydrogen) atoms. The van der Waals surface area contributed by atoms with Crippen LogP contribution in [-0.4, -0.2) is 96.9 Å². The lowest BCUT2D eigenvalue weighted by Crippen LogP contribution is -2.46. The highest BCUT2D eigenvalue weighted by molar-refractivity contribution is 6.06. The average Bonchev–Trinajstić information content (AvgIpc) is 3.13. The fourth-order valence-corrected chi connectivity index (χ4v) is 5.77. The molecule has 2 aromatic rings. The Morgan fingerprint density at radius 3 is 2.46 bits per heavy atom. The molecule has 1 N–H and O–H groups in total. The van der Waals surface area contributed by atoms with Crippen molar-refractivity contribution in [2.24, 2.45) is 7.05 Å². The Kier molecular flexibility index (Phi) is 8.21. The number of aromatic nitrogens is 2. The van der Waals surface area contributed by atoms with Crippen molar-refractivity contribution < 1.29 is 9.53 Å². The average molecular weight is 483 g/mol. The van der Waals surface area contributed by atoms with Crippen molar-refractivity contribution in [3.05, 3.63) is 23.9 Å². The van der Waals surface area contributed by atoms with Crippen LogP contribution >= 0.6 is 0 Å². The van der Waals surface area contributed by atoms with E-state index in [1.54, 1.807) is 0 Å². The molecule has 0 unspecified atom stereocenters. The minimum Gasteiger partial charge on any atom is -0.380 e. The number of pyridine rings is 1. The molecular weight excluding hydrogens is 440 g/mol. The molecule has 192 valence electrons.